The summed E-state index contributed by atoms with van der Waals surface area (Å²) in [6.45, 7) is 3.77. The monoisotopic (exact) mass is 750 g/mol. The van der Waals surface area contributed by atoms with Gasteiger partial charge in [0, 0.05) is 32.5 Å². The highest BCUT2D eigenvalue weighted by molar-refractivity contribution is 7.91. The molecule has 5 atom stereocenters. The van der Waals surface area contributed by atoms with E-state index in [1.54, 1.807) is 0 Å². The van der Waals surface area contributed by atoms with Gasteiger partial charge in [0.1, 0.15) is 23.7 Å². The van der Waals surface area contributed by atoms with Gasteiger partial charge in [-0.1, -0.05) is 36.4 Å². The number of urea groups is 1. The predicted molar refractivity (Wildman–Crippen MR) is 179 cm³/mol. The maximum Gasteiger partial charge on any atom is 0.410 e. The molecule has 282 valence electrons. The van der Waals surface area contributed by atoms with Crippen LogP contribution in [0.15, 0.2) is 36.9 Å². The number of nitrogens with zero attached hydrogens (tertiary/aromatic N) is 3. The minimum atomic E-state index is -4.90. The molecule has 0 unspecified atom stereocenters. The van der Waals surface area contributed by atoms with Crippen LogP contribution in [0.25, 0.3) is 6.08 Å². The zero-order chi connectivity index (χ0) is 37.6. The fourth-order valence-corrected chi connectivity index (χ4v) is 8.36. The van der Waals surface area contributed by atoms with Gasteiger partial charge in [-0.2, -0.15) is 13.2 Å². The molecule has 2 saturated carbocycles. The molecular weight excluding hydrogens is 709 g/mol. The lowest BCUT2D eigenvalue weighted by atomic mass is 10.0. The second-order valence-corrected chi connectivity index (χ2v) is 16.0. The summed E-state index contributed by atoms with van der Waals surface area (Å²) in [4.78, 5) is 71.2. The molecule has 1 aromatic carbocycles. The number of carbonyl (C=O) groups is 5. The van der Waals surface area contributed by atoms with Crippen LogP contribution in [-0.4, -0.2) is 108 Å². The van der Waals surface area contributed by atoms with E-state index in [-0.39, 0.29) is 32.5 Å². The van der Waals surface area contributed by atoms with E-state index in [4.69, 9.17) is 4.74 Å². The highest BCUT2D eigenvalue weighted by Gasteiger charge is 2.62. The molecule has 3 heterocycles. The molecule has 5 aliphatic rings. The fourth-order valence-electron chi connectivity index (χ4n) is 6.99. The summed E-state index contributed by atoms with van der Waals surface area (Å²) in [5.74, 6) is -3.90. The third kappa shape index (κ3) is 7.90. The van der Waals surface area contributed by atoms with Gasteiger partial charge in [0.25, 0.3) is 5.91 Å². The zero-order valence-electron chi connectivity index (χ0n) is 28.5. The van der Waals surface area contributed by atoms with Crippen molar-refractivity contribution >= 4 is 45.9 Å². The number of sulfonamides is 1. The summed E-state index contributed by atoms with van der Waals surface area (Å²) in [5, 5.41) is 3.98. The van der Waals surface area contributed by atoms with E-state index in [1.165, 1.54) is 18.0 Å². The molecule has 1 saturated heterocycles. The van der Waals surface area contributed by atoms with Crippen molar-refractivity contribution in [3.05, 3.63) is 53.6 Å². The van der Waals surface area contributed by atoms with Gasteiger partial charge in [0.2, 0.25) is 21.8 Å². The average Bonchev–Trinajstić information content (AvgIpc) is 3.97. The summed E-state index contributed by atoms with van der Waals surface area (Å²) < 4.78 is 74.5. The molecular formula is C34H41F3N6O8S. The number of carbonyl (C=O) groups excluding carboxylic acids is 5. The Morgan fingerprint density at radius 2 is 1.92 bits per heavy atom. The molecule has 1 aromatic rings. The van der Waals surface area contributed by atoms with E-state index >= 15 is 0 Å². The predicted octanol–water partition coefficient (Wildman–Crippen LogP) is 2.55. The molecule has 6 amide bonds. The van der Waals surface area contributed by atoms with Crippen LogP contribution >= 0.6 is 0 Å². The second kappa shape index (κ2) is 14.1. The van der Waals surface area contributed by atoms with Crippen LogP contribution < -0.4 is 15.4 Å². The molecule has 0 radical (unpaired) electrons. The van der Waals surface area contributed by atoms with Crippen molar-refractivity contribution in [3.63, 3.8) is 0 Å². The number of alkyl halides is 3. The minimum absolute atomic E-state index is 0.0148. The van der Waals surface area contributed by atoms with E-state index in [1.807, 2.05) is 35.1 Å². The Bertz CT molecular complexity index is 1800. The first-order chi connectivity index (χ1) is 24.5. The number of fused-ring (bicyclic) bond motifs is 3. The number of rotatable bonds is 7. The highest BCUT2D eigenvalue weighted by atomic mass is 32.2. The molecule has 2 aliphatic carbocycles. The third-order valence-corrected chi connectivity index (χ3v) is 12.0. The summed E-state index contributed by atoms with van der Waals surface area (Å²) in [6.07, 6.45) is -2.01. The number of ether oxygens (including phenoxy) is 1. The van der Waals surface area contributed by atoms with Crippen LogP contribution in [0.1, 0.15) is 61.6 Å². The lowest BCUT2D eigenvalue weighted by molar-refractivity contribution is -0.155. The fraction of sp³-hybridized carbons (Fsp3) is 0.559. The van der Waals surface area contributed by atoms with E-state index in [9.17, 15) is 45.6 Å². The Hall–Kier alpha value is -4.61. The molecule has 0 aromatic heterocycles. The smallest absolute Gasteiger partial charge is 0.410 e. The van der Waals surface area contributed by atoms with Gasteiger partial charge < -0.3 is 25.2 Å². The normalized spacial score (nSPS) is 28.9. The first kappa shape index (κ1) is 37.2. The van der Waals surface area contributed by atoms with Gasteiger partial charge in [-0.25, -0.2) is 18.0 Å². The first-order valence-electron chi connectivity index (χ1n) is 17.1. The van der Waals surface area contributed by atoms with E-state index < -0.39 is 93.9 Å². The average molecular weight is 751 g/mol. The summed E-state index contributed by atoms with van der Waals surface area (Å²) >= 11 is 0. The molecule has 3 N–H and O–H groups in total. The summed E-state index contributed by atoms with van der Waals surface area (Å²) in [5.41, 5.74) is 0.954. The van der Waals surface area contributed by atoms with Crippen LogP contribution in [-0.2, 0) is 42.2 Å². The van der Waals surface area contributed by atoms with E-state index in [0.717, 1.165) is 26.5 Å². The topological polar surface area (TPSA) is 175 Å². The standard InChI is InChI=1S/C34H41F3N6O8S/c1-3-22-15-33(22,30(46)40-52(49,50)24-11-12-24)39-28(44)27-14-23-18-43(27)29(45)26(16-34(35,36)37)38-31(47)41(2)13-6-4-5-8-20-9-7-10-21-17-42(19-25(20)21)32(48)51-23/h3,5,7-10,22-24,26-27H,1,4,6,11-19H2,2H3,(H,38,47)(H,39,44)(H,40,46)/b8-5+/t22-,23+,26-,27-,33+/m0/s1. The van der Waals surface area contributed by atoms with Crippen LogP contribution in [0.5, 0.6) is 0 Å². The minimum Gasteiger partial charge on any atom is -0.444 e. The molecule has 14 nitrogen and oxygen atoms in total. The number of halogens is 3. The van der Waals surface area contributed by atoms with Crippen LogP contribution in [0, 0.1) is 5.92 Å². The van der Waals surface area contributed by atoms with Gasteiger partial charge in [0.05, 0.1) is 24.8 Å². The number of nitrogens with one attached hydrogen (secondary N) is 3. The lowest BCUT2D eigenvalue weighted by Gasteiger charge is -2.31. The quantitative estimate of drug-likeness (QED) is 0.357. The number of hydrogen-bond acceptors (Lipinski definition) is 8. The molecule has 4 bridgehead atoms. The van der Waals surface area contributed by atoms with E-state index in [0.29, 0.717) is 25.7 Å². The van der Waals surface area contributed by atoms with Gasteiger partial charge in [-0.15, -0.1) is 6.58 Å². The van der Waals surface area contributed by atoms with Crippen LogP contribution in [0.2, 0.25) is 0 Å². The number of benzene rings is 1. The van der Waals surface area contributed by atoms with Crippen molar-refractivity contribution in [3.8, 4) is 0 Å². The van der Waals surface area contributed by atoms with Gasteiger partial charge in [0.15, 0.2) is 0 Å². The van der Waals surface area contributed by atoms with Crippen molar-refractivity contribution in [2.24, 2.45) is 5.92 Å². The van der Waals surface area contributed by atoms with Crippen molar-refractivity contribution in [1.82, 2.24) is 30.1 Å². The van der Waals surface area contributed by atoms with Crippen molar-refractivity contribution < 1.29 is 50.3 Å². The molecule has 18 heteroatoms. The molecule has 6 rings (SSSR count). The van der Waals surface area contributed by atoms with Gasteiger partial charge in [-0.3, -0.25) is 24.0 Å². The Morgan fingerprint density at radius 1 is 1.17 bits per heavy atom. The maximum absolute atomic E-state index is 14.0. The third-order valence-electron chi connectivity index (χ3n) is 10.2. The Balaban J connectivity index is 1.29. The summed E-state index contributed by atoms with van der Waals surface area (Å²) in [6, 6.07) is 1.02. The SMILES string of the molecule is C=C[C@H]1C[C@]1(NC(=O)[C@@H]1C[C@@H]2CN1C(=O)[C@H](CC(F)(F)F)NC(=O)N(C)CCC/C=C/c1cccc3c1CN(C3)C(=O)O2)C(=O)NS(=O)(=O)C1CC1. The van der Waals surface area contributed by atoms with Crippen molar-refractivity contribution in [2.75, 3.05) is 20.1 Å². The largest absolute Gasteiger partial charge is 0.444 e. The number of allylic oxidation sites excluding steroid dienone is 1. The van der Waals surface area contributed by atoms with Crippen molar-refractivity contribution in [2.45, 2.75) is 93.2 Å². The zero-order valence-corrected chi connectivity index (χ0v) is 29.3. The van der Waals surface area contributed by atoms with Crippen molar-refractivity contribution in [1.29, 1.82) is 0 Å². The van der Waals surface area contributed by atoms with Crippen LogP contribution in [0.4, 0.5) is 22.8 Å². The molecule has 52 heavy (non-hydrogen) atoms. The second-order valence-electron chi connectivity index (χ2n) is 14.1. The Kier molecular flexibility index (Phi) is 10.1. The van der Waals surface area contributed by atoms with Crippen LogP contribution in [0.3, 0.4) is 0 Å². The Morgan fingerprint density at radius 3 is 2.60 bits per heavy atom. The Labute approximate surface area is 298 Å². The molecule has 3 aliphatic heterocycles. The lowest BCUT2D eigenvalue weighted by Crippen LogP contribution is -2.59. The molecule has 0 spiro atoms. The summed E-state index contributed by atoms with van der Waals surface area (Å²) in [7, 11) is -2.62. The maximum atomic E-state index is 14.0. The number of hydrogen-bond donors (Lipinski definition) is 3. The number of amides is 6. The first-order valence-corrected chi connectivity index (χ1v) is 18.7. The van der Waals surface area contributed by atoms with E-state index in [2.05, 4.69) is 17.2 Å². The van der Waals surface area contributed by atoms with Gasteiger partial charge >= 0.3 is 18.3 Å². The molecule has 3 fully saturated rings. The highest BCUT2D eigenvalue weighted by Crippen LogP contribution is 2.45. The van der Waals surface area contributed by atoms with Gasteiger partial charge in [-0.05, 0) is 48.8 Å².